The Morgan fingerprint density at radius 2 is 1.78 bits per heavy atom. The van der Waals surface area contributed by atoms with Crippen molar-refractivity contribution in [2.75, 3.05) is 31.7 Å². The Kier molecular flexibility index (Phi) is 13.5. The summed E-state index contributed by atoms with van der Waals surface area (Å²) in [6, 6.07) is 6.97. The molecule has 1 saturated heterocycles. The van der Waals surface area contributed by atoms with E-state index in [1.807, 2.05) is 36.1 Å². The molecule has 0 spiro atoms. The first-order valence-electron chi connectivity index (χ1n) is 17.9. The highest BCUT2D eigenvalue weighted by Crippen LogP contribution is 2.36. The summed E-state index contributed by atoms with van der Waals surface area (Å²) < 4.78 is 22.6. The lowest BCUT2D eigenvalue weighted by molar-refractivity contribution is -0.157. The molecule has 274 valence electrons. The summed E-state index contributed by atoms with van der Waals surface area (Å²) in [6.45, 7) is 13.8. The molecule has 1 aliphatic heterocycles. The molecular weight excluding hydrogens is 640 g/mol. The van der Waals surface area contributed by atoms with E-state index in [0.717, 1.165) is 55.7 Å². The molecule has 12 nitrogen and oxygen atoms in total. The van der Waals surface area contributed by atoms with Crippen LogP contribution in [0.3, 0.4) is 0 Å². The summed E-state index contributed by atoms with van der Waals surface area (Å²) in [7, 11) is 0. The highest BCUT2D eigenvalue weighted by Gasteiger charge is 2.52. The van der Waals surface area contributed by atoms with Crippen LogP contribution in [0, 0.1) is 0 Å². The molecule has 2 fully saturated rings. The molecule has 1 N–H and O–H groups in total. The van der Waals surface area contributed by atoms with Gasteiger partial charge in [-0.05, 0) is 89.5 Å². The van der Waals surface area contributed by atoms with E-state index in [1.54, 1.807) is 38.8 Å². The van der Waals surface area contributed by atoms with Crippen LogP contribution in [0.4, 0.5) is 15.4 Å². The monoisotopic (exact) mass is 694 g/mol. The first-order chi connectivity index (χ1) is 23.9. The van der Waals surface area contributed by atoms with Crippen molar-refractivity contribution in [2.24, 2.45) is 0 Å². The number of esters is 1. The fraction of sp³-hybridized carbons (Fsp3) is 0.605. The number of fused-ring (bicyclic) bond motifs is 1. The van der Waals surface area contributed by atoms with Gasteiger partial charge >= 0.3 is 18.2 Å². The zero-order valence-corrected chi connectivity index (χ0v) is 30.3. The van der Waals surface area contributed by atoms with Crippen molar-refractivity contribution in [2.45, 2.75) is 122 Å². The average Bonchev–Trinajstić information content (AvgIpc) is 3.54. The predicted molar refractivity (Wildman–Crippen MR) is 191 cm³/mol. The normalized spacial score (nSPS) is 17.8. The number of amides is 3. The van der Waals surface area contributed by atoms with Gasteiger partial charge in [0.05, 0.1) is 19.6 Å². The van der Waals surface area contributed by atoms with Crippen molar-refractivity contribution in [1.29, 1.82) is 0 Å². The molecular formula is C38H54N4O8. The largest absolute Gasteiger partial charge is 0.493 e. The Bertz CT molecular complexity index is 1500. The van der Waals surface area contributed by atoms with Crippen LogP contribution in [0.5, 0.6) is 5.75 Å². The maximum atomic E-state index is 14.8. The number of anilines is 1. The fourth-order valence-corrected chi connectivity index (χ4v) is 6.85. The van der Waals surface area contributed by atoms with Crippen molar-refractivity contribution in [1.82, 2.24) is 14.8 Å². The summed E-state index contributed by atoms with van der Waals surface area (Å²) >= 11 is 0. The average molecular weight is 695 g/mol. The molecule has 0 radical (unpaired) electrons. The van der Waals surface area contributed by atoms with E-state index in [-0.39, 0.29) is 37.6 Å². The molecule has 3 amide bonds. The minimum atomic E-state index is -1.49. The first-order valence-corrected chi connectivity index (χ1v) is 17.9. The molecule has 0 bridgehead atoms. The second-order valence-corrected chi connectivity index (χ2v) is 14.3. The lowest BCUT2D eigenvalue weighted by Gasteiger charge is -2.47. The van der Waals surface area contributed by atoms with Gasteiger partial charge in [-0.25, -0.2) is 14.6 Å². The van der Waals surface area contributed by atoms with Crippen LogP contribution in [0.2, 0.25) is 0 Å². The van der Waals surface area contributed by atoms with Gasteiger partial charge < -0.3 is 23.8 Å². The van der Waals surface area contributed by atoms with E-state index in [0.29, 0.717) is 37.6 Å². The number of nitrogens with one attached hydrogen (secondary N) is 1. The van der Waals surface area contributed by atoms with E-state index in [9.17, 15) is 19.2 Å². The van der Waals surface area contributed by atoms with Gasteiger partial charge in [0.2, 0.25) is 5.91 Å². The van der Waals surface area contributed by atoms with Crippen molar-refractivity contribution >= 4 is 40.7 Å². The zero-order valence-electron chi connectivity index (χ0n) is 30.3. The van der Waals surface area contributed by atoms with E-state index < -0.39 is 29.3 Å². The fourth-order valence-electron chi connectivity index (χ4n) is 6.85. The lowest BCUT2D eigenvalue weighted by Crippen LogP contribution is -2.65. The van der Waals surface area contributed by atoms with Gasteiger partial charge in [0.1, 0.15) is 29.3 Å². The van der Waals surface area contributed by atoms with Gasteiger partial charge in [-0.1, -0.05) is 38.8 Å². The number of hydrogen-bond acceptors (Lipinski definition) is 9. The number of carbonyl (C=O) groups is 4. The van der Waals surface area contributed by atoms with Crippen LogP contribution >= 0.6 is 0 Å². The highest BCUT2D eigenvalue weighted by atomic mass is 16.6. The van der Waals surface area contributed by atoms with Crippen molar-refractivity contribution in [3.63, 3.8) is 0 Å². The van der Waals surface area contributed by atoms with Crippen molar-refractivity contribution in [3.8, 4) is 5.75 Å². The molecule has 2 aromatic rings. The Labute approximate surface area is 295 Å². The number of hydrogen-bond donors (Lipinski definition) is 1. The summed E-state index contributed by atoms with van der Waals surface area (Å²) in [4.78, 5) is 61.7. The zero-order chi connectivity index (χ0) is 36.3. The summed E-state index contributed by atoms with van der Waals surface area (Å²) in [5, 5.41) is 4.21. The molecule has 12 heteroatoms. The molecule has 1 saturated carbocycles. The van der Waals surface area contributed by atoms with Crippen LogP contribution in [0.25, 0.3) is 10.8 Å². The third kappa shape index (κ3) is 10.1. The second kappa shape index (κ2) is 17.5. The van der Waals surface area contributed by atoms with E-state index in [4.69, 9.17) is 18.9 Å². The summed E-state index contributed by atoms with van der Waals surface area (Å²) in [5.74, 6) is 0.231. The van der Waals surface area contributed by atoms with Crippen LogP contribution < -0.4 is 10.1 Å². The number of ether oxygens (including phenoxy) is 4. The topological polar surface area (TPSA) is 137 Å². The van der Waals surface area contributed by atoms with E-state index >= 15 is 0 Å². The van der Waals surface area contributed by atoms with Crippen LogP contribution in [-0.2, 0) is 23.8 Å². The Morgan fingerprint density at radius 1 is 1.02 bits per heavy atom. The Hall–Kier alpha value is -4.35. The van der Waals surface area contributed by atoms with Crippen LogP contribution in [0.1, 0.15) is 98.8 Å². The quantitative estimate of drug-likeness (QED) is 0.122. The van der Waals surface area contributed by atoms with Gasteiger partial charge in [-0.3, -0.25) is 19.8 Å². The predicted octanol–water partition coefficient (Wildman–Crippen LogP) is 7.40. The number of nitrogens with zero attached hydrogens (tertiary/aromatic N) is 3. The van der Waals surface area contributed by atoms with Gasteiger partial charge in [0, 0.05) is 36.6 Å². The smallest absolute Gasteiger partial charge is 0.413 e. The summed E-state index contributed by atoms with van der Waals surface area (Å²) in [5.41, 5.74) is -2.27. The number of carbonyl (C=O) groups excluding carboxylic acids is 4. The standard InChI is InChI=1S/C38H54N4O8/c1-7-22-48-32(43)26-38(6,42(29-13-10-9-11-14-29)36(46)50-37(3,4)5)34(44)41-21-12-15-28(41)19-24-47-30-16-17-31-27(25-30)18-20-39-33(31)40-35(45)49-23-8-2/h8,16-18,20,25,28-29H,2,7,9-15,19,21-24,26H2,1,3-6H3,(H,39,40,45)/t28-,38+/m0/s1. The maximum Gasteiger partial charge on any atom is 0.413 e. The number of likely N-dealkylation sites (tertiary alicyclic amines) is 1. The third-order valence-corrected chi connectivity index (χ3v) is 9.12. The number of benzene rings is 1. The maximum absolute atomic E-state index is 14.8. The molecule has 50 heavy (non-hydrogen) atoms. The van der Waals surface area contributed by atoms with Gasteiger partial charge in [-0.15, -0.1) is 0 Å². The van der Waals surface area contributed by atoms with Crippen molar-refractivity contribution in [3.05, 3.63) is 43.1 Å². The highest BCUT2D eigenvalue weighted by molar-refractivity contribution is 5.98. The van der Waals surface area contributed by atoms with Crippen molar-refractivity contribution < 1.29 is 38.1 Å². The summed E-state index contributed by atoms with van der Waals surface area (Å²) in [6.07, 6.45) is 8.83. The molecule has 1 aliphatic carbocycles. The molecule has 1 aromatic carbocycles. The number of aromatic nitrogens is 1. The SMILES string of the molecule is C=CCOC(=O)Nc1nccc2cc(OCC[C@@H]3CCCN3C(=O)[C@@](C)(CC(=O)OCCC)N(C(=O)OC(C)(C)C)C3CCCCC3)ccc12. The minimum absolute atomic E-state index is 0.0891. The molecule has 2 atom stereocenters. The Balaban J connectivity index is 1.51. The van der Waals surface area contributed by atoms with E-state index in [2.05, 4.69) is 16.9 Å². The molecule has 0 unspecified atom stereocenters. The van der Waals surface area contributed by atoms with Gasteiger partial charge in [0.15, 0.2) is 0 Å². The molecule has 2 aliphatic rings. The molecule has 2 heterocycles. The van der Waals surface area contributed by atoms with Gasteiger partial charge in [0.25, 0.3) is 0 Å². The number of rotatable bonds is 14. The minimum Gasteiger partial charge on any atom is -0.493 e. The lowest BCUT2D eigenvalue weighted by atomic mass is 9.86. The number of pyridine rings is 1. The second-order valence-electron chi connectivity index (χ2n) is 14.3. The van der Waals surface area contributed by atoms with Gasteiger partial charge in [-0.2, -0.15) is 0 Å². The van der Waals surface area contributed by atoms with Crippen LogP contribution in [-0.4, -0.2) is 88.4 Å². The van der Waals surface area contributed by atoms with Crippen LogP contribution in [0.15, 0.2) is 43.1 Å². The Morgan fingerprint density at radius 3 is 2.48 bits per heavy atom. The molecule has 4 rings (SSSR count). The first kappa shape index (κ1) is 38.5. The third-order valence-electron chi connectivity index (χ3n) is 9.12. The molecule has 1 aromatic heterocycles. The van der Waals surface area contributed by atoms with E-state index in [1.165, 1.54) is 6.08 Å².